The molecule has 114 valence electrons. The summed E-state index contributed by atoms with van der Waals surface area (Å²) >= 11 is 6.27. The molecule has 0 aliphatic carbocycles. The Morgan fingerprint density at radius 2 is 2.00 bits per heavy atom. The van der Waals surface area contributed by atoms with Crippen molar-refractivity contribution >= 4 is 23.5 Å². The van der Waals surface area contributed by atoms with Gasteiger partial charge in [0.1, 0.15) is 6.54 Å². The zero-order chi connectivity index (χ0) is 15.3. The Morgan fingerprint density at radius 1 is 1.33 bits per heavy atom. The highest BCUT2D eigenvalue weighted by molar-refractivity contribution is 6.31. The van der Waals surface area contributed by atoms with Gasteiger partial charge in [0.05, 0.1) is 12.5 Å². The van der Waals surface area contributed by atoms with Crippen LogP contribution < -0.4 is 5.32 Å². The van der Waals surface area contributed by atoms with Crippen LogP contribution in [0.1, 0.15) is 18.4 Å². The third kappa shape index (κ3) is 3.36. The highest BCUT2D eigenvalue weighted by Gasteiger charge is 2.42. The third-order valence-electron chi connectivity index (χ3n) is 3.79. The van der Waals surface area contributed by atoms with Crippen LogP contribution >= 0.6 is 11.6 Å². The minimum absolute atomic E-state index is 0.150. The molecule has 21 heavy (non-hydrogen) atoms. The van der Waals surface area contributed by atoms with Gasteiger partial charge < -0.3 is 14.8 Å². The molecule has 1 fully saturated rings. The number of amides is 1. The molecule has 1 N–H and O–H groups in total. The van der Waals surface area contributed by atoms with Crippen molar-refractivity contribution in [3.63, 3.8) is 0 Å². The number of nitrogens with one attached hydrogen (secondary N) is 1. The first-order chi connectivity index (χ1) is 10.1. The molecule has 0 bridgehead atoms. The highest BCUT2D eigenvalue weighted by atomic mass is 35.5. The molecule has 0 spiro atoms. The molecular weight excluding hydrogens is 294 g/mol. The van der Waals surface area contributed by atoms with E-state index < -0.39 is 11.4 Å². The van der Waals surface area contributed by atoms with E-state index in [0.29, 0.717) is 31.1 Å². The maximum atomic E-state index is 12.7. The molecular formula is C15H18ClNO4. The van der Waals surface area contributed by atoms with Crippen molar-refractivity contribution in [3.8, 4) is 0 Å². The summed E-state index contributed by atoms with van der Waals surface area (Å²) in [5, 5.41) is 3.19. The number of methoxy groups -OCH3 is 1. The molecule has 1 heterocycles. The predicted molar refractivity (Wildman–Crippen MR) is 78.2 cm³/mol. The molecule has 0 radical (unpaired) electrons. The first-order valence-corrected chi connectivity index (χ1v) is 7.16. The van der Waals surface area contributed by atoms with E-state index in [1.807, 2.05) is 18.2 Å². The maximum Gasteiger partial charge on any atom is 0.325 e. The lowest BCUT2D eigenvalue weighted by molar-refractivity contribution is -0.142. The fourth-order valence-corrected chi connectivity index (χ4v) is 2.90. The Hall–Kier alpha value is -1.59. The Labute approximate surface area is 128 Å². The van der Waals surface area contributed by atoms with Crippen LogP contribution in [0.15, 0.2) is 24.3 Å². The number of halogens is 1. The molecule has 1 saturated heterocycles. The molecule has 0 saturated carbocycles. The number of carbonyl (C=O) groups excluding carboxylic acids is 2. The average molecular weight is 312 g/mol. The van der Waals surface area contributed by atoms with Gasteiger partial charge in [-0.15, -0.1) is 0 Å². The van der Waals surface area contributed by atoms with Crippen LogP contribution in [0.4, 0.5) is 0 Å². The molecule has 1 amide bonds. The van der Waals surface area contributed by atoms with Crippen LogP contribution in [0.2, 0.25) is 5.02 Å². The zero-order valence-corrected chi connectivity index (χ0v) is 12.6. The molecule has 1 aromatic rings. The normalized spacial score (nSPS) is 17.0. The zero-order valence-electron chi connectivity index (χ0n) is 11.9. The molecule has 6 heteroatoms. The van der Waals surface area contributed by atoms with Gasteiger partial charge in [-0.1, -0.05) is 29.8 Å². The smallest absolute Gasteiger partial charge is 0.325 e. The summed E-state index contributed by atoms with van der Waals surface area (Å²) in [6, 6.07) is 7.30. The SMILES string of the molecule is COC(=O)CNC(=O)C1(c2ccccc2Cl)CCOCC1. The van der Waals surface area contributed by atoms with Crippen LogP contribution in [0.25, 0.3) is 0 Å². The molecule has 1 aliphatic heterocycles. The van der Waals surface area contributed by atoms with Crippen molar-refractivity contribution in [2.75, 3.05) is 26.9 Å². The van der Waals surface area contributed by atoms with Gasteiger partial charge in [-0.2, -0.15) is 0 Å². The van der Waals surface area contributed by atoms with Crippen molar-refractivity contribution in [1.82, 2.24) is 5.32 Å². The van der Waals surface area contributed by atoms with E-state index >= 15 is 0 Å². The van der Waals surface area contributed by atoms with Crippen molar-refractivity contribution in [2.45, 2.75) is 18.3 Å². The van der Waals surface area contributed by atoms with Crippen LogP contribution in [0.5, 0.6) is 0 Å². The number of hydrogen-bond acceptors (Lipinski definition) is 4. The van der Waals surface area contributed by atoms with E-state index in [1.54, 1.807) is 6.07 Å². The van der Waals surface area contributed by atoms with Gasteiger partial charge in [0.15, 0.2) is 0 Å². The van der Waals surface area contributed by atoms with Crippen LogP contribution in [0.3, 0.4) is 0 Å². The quantitative estimate of drug-likeness (QED) is 0.859. The molecule has 0 aromatic heterocycles. The standard InChI is InChI=1S/C15H18ClNO4/c1-20-13(18)10-17-14(19)15(6-8-21-9-7-15)11-4-2-3-5-12(11)16/h2-5H,6-10H2,1H3,(H,17,19). The van der Waals surface area contributed by atoms with Gasteiger partial charge in [0, 0.05) is 18.2 Å². The Bertz CT molecular complexity index is 526. The molecule has 5 nitrogen and oxygen atoms in total. The highest BCUT2D eigenvalue weighted by Crippen LogP contribution is 2.38. The maximum absolute atomic E-state index is 12.7. The Kier molecular flexibility index (Phi) is 5.20. The predicted octanol–water partition coefficient (Wildman–Crippen LogP) is 1.68. The third-order valence-corrected chi connectivity index (χ3v) is 4.12. The number of esters is 1. The molecule has 0 atom stereocenters. The minimum Gasteiger partial charge on any atom is -0.468 e. The monoisotopic (exact) mass is 311 g/mol. The van der Waals surface area contributed by atoms with E-state index in [0.717, 1.165) is 5.56 Å². The number of rotatable bonds is 4. The van der Waals surface area contributed by atoms with Gasteiger partial charge in [-0.3, -0.25) is 9.59 Å². The summed E-state index contributed by atoms with van der Waals surface area (Å²) in [5.74, 6) is -0.700. The van der Waals surface area contributed by atoms with E-state index in [1.165, 1.54) is 7.11 Å². The first-order valence-electron chi connectivity index (χ1n) is 6.78. The van der Waals surface area contributed by atoms with Crippen molar-refractivity contribution in [1.29, 1.82) is 0 Å². The van der Waals surface area contributed by atoms with Crippen molar-refractivity contribution in [2.24, 2.45) is 0 Å². The number of benzene rings is 1. The second-order valence-electron chi connectivity index (χ2n) is 4.93. The summed E-state index contributed by atoms with van der Waals surface area (Å²) in [6.07, 6.45) is 1.06. The summed E-state index contributed by atoms with van der Waals surface area (Å²) in [4.78, 5) is 23.9. The fourth-order valence-electron chi connectivity index (χ4n) is 2.58. The van der Waals surface area contributed by atoms with Crippen LogP contribution in [0, 0.1) is 0 Å². The second-order valence-corrected chi connectivity index (χ2v) is 5.34. The van der Waals surface area contributed by atoms with Gasteiger partial charge in [-0.25, -0.2) is 0 Å². The average Bonchev–Trinajstić information content (AvgIpc) is 2.53. The van der Waals surface area contributed by atoms with Gasteiger partial charge >= 0.3 is 5.97 Å². The molecule has 1 aliphatic rings. The fraction of sp³-hybridized carbons (Fsp3) is 0.467. The Morgan fingerprint density at radius 3 is 2.62 bits per heavy atom. The largest absolute Gasteiger partial charge is 0.468 e. The van der Waals surface area contributed by atoms with E-state index in [-0.39, 0.29) is 12.5 Å². The topological polar surface area (TPSA) is 64.6 Å². The summed E-state index contributed by atoms with van der Waals surface area (Å²) in [6.45, 7) is 0.816. The summed E-state index contributed by atoms with van der Waals surface area (Å²) < 4.78 is 9.91. The minimum atomic E-state index is -0.759. The van der Waals surface area contributed by atoms with Crippen LogP contribution in [-0.4, -0.2) is 38.7 Å². The number of ether oxygens (including phenoxy) is 2. The van der Waals surface area contributed by atoms with E-state index in [9.17, 15) is 9.59 Å². The van der Waals surface area contributed by atoms with Gasteiger partial charge in [-0.05, 0) is 24.5 Å². The lowest BCUT2D eigenvalue weighted by Gasteiger charge is -2.36. The second kappa shape index (κ2) is 6.91. The van der Waals surface area contributed by atoms with Crippen LogP contribution in [-0.2, 0) is 24.5 Å². The van der Waals surface area contributed by atoms with E-state index in [4.69, 9.17) is 16.3 Å². The van der Waals surface area contributed by atoms with E-state index in [2.05, 4.69) is 10.1 Å². The molecule has 0 unspecified atom stereocenters. The Balaban J connectivity index is 2.27. The summed E-state index contributed by atoms with van der Waals surface area (Å²) in [7, 11) is 1.28. The van der Waals surface area contributed by atoms with Gasteiger partial charge in [0.2, 0.25) is 5.91 Å². The number of hydrogen-bond donors (Lipinski definition) is 1. The van der Waals surface area contributed by atoms with Crippen molar-refractivity contribution < 1.29 is 19.1 Å². The summed E-state index contributed by atoms with van der Waals surface area (Å²) in [5.41, 5.74) is 0.0160. The van der Waals surface area contributed by atoms with Crippen molar-refractivity contribution in [3.05, 3.63) is 34.9 Å². The first kappa shape index (κ1) is 15.8. The lowest BCUT2D eigenvalue weighted by atomic mass is 9.73. The number of carbonyl (C=O) groups is 2. The lowest BCUT2D eigenvalue weighted by Crippen LogP contribution is -2.49. The molecule has 1 aromatic carbocycles. The van der Waals surface area contributed by atoms with Gasteiger partial charge in [0.25, 0.3) is 0 Å². The molecule has 2 rings (SSSR count).